The third-order valence-corrected chi connectivity index (χ3v) is 7.22. The molecule has 1 aliphatic heterocycles. The number of carbonyl (C=O) groups excluding carboxylic acids is 2. The number of nitrogens with zero attached hydrogens (tertiary/aromatic N) is 1. The highest BCUT2D eigenvalue weighted by Gasteiger charge is 2.42. The number of aliphatic hydroxyl groups is 1. The number of amides is 2. The van der Waals surface area contributed by atoms with Gasteiger partial charge < -0.3 is 20.7 Å². The predicted octanol–water partition coefficient (Wildman–Crippen LogP) is 3.51. The maximum Gasteiger partial charge on any atom is 0.269 e. The number of benzene rings is 1. The number of hydrogen-bond donors (Lipinski definition) is 5. The van der Waals surface area contributed by atoms with Crippen LogP contribution in [0.5, 0.6) is 0 Å². The van der Waals surface area contributed by atoms with Crippen molar-refractivity contribution in [3.8, 4) is 6.07 Å². The van der Waals surface area contributed by atoms with Crippen LogP contribution in [0.25, 0.3) is 10.9 Å². The molecule has 8 nitrogen and oxygen atoms in total. The summed E-state index contributed by atoms with van der Waals surface area (Å²) in [5, 5.41) is 29.1. The Bertz CT molecular complexity index is 1160. The van der Waals surface area contributed by atoms with Crippen LogP contribution in [-0.4, -0.2) is 45.5 Å². The first-order valence-electron chi connectivity index (χ1n) is 11.9. The van der Waals surface area contributed by atoms with Gasteiger partial charge in [-0.25, -0.2) is 4.39 Å². The van der Waals surface area contributed by atoms with Gasteiger partial charge in [0.25, 0.3) is 11.7 Å². The Kier molecular flexibility index (Phi) is 7.09. The number of aliphatic hydroxyl groups excluding tert-OH is 1. The Hall–Kier alpha value is -2.67. The SMILES string of the molecule is CC1(C)CC[C@@H](CC(F)(C#N)NC(=O)[C@H](CC2CC2)NC(=O)c2cc3cccc(Cl)c3[nH]2)C(O)N1. The molecule has 10 heteroatoms. The van der Waals surface area contributed by atoms with E-state index in [0.717, 1.165) is 18.2 Å². The second-order valence-electron chi connectivity index (χ2n) is 10.5. The third-order valence-electron chi connectivity index (χ3n) is 6.91. The van der Waals surface area contributed by atoms with Crippen molar-refractivity contribution in [2.75, 3.05) is 0 Å². The fourth-order valence-corrected chi connectivity index (χ4v) is 4.90. The minimum atomic E-state index is -2.67. The Morgan fingerprint density at radius 1 is 1.37 bits per heavy atom. The number of nitrogens with one attached hydrogen (secondary N) is 4. The number of aromatic amines is 1. The van der Waals surface area contributed by atoms with Crippen molar-refractivity contribution in [3.05, 3.63) is 35.0 Å². The topological polar surface area (TPSA) is 130 Å². The van der Waals surface area contributed by atoms with E-state index >= 15 is 4.39 Å². The molecule has 1 aromatic carbocycles. The van der Waals surface area contributed by atoms with Gasteiger partial charge in [0.05, 0.1) is 10.5 Å². The van der Waals surface area contributed by atoms with E-state index in [-0.39, 0.29) is 23.6 Å². The molecule has 1 saturated heterocycles. The van der Waals surface area contributed by atoms with Gasteiger partial charge in [-0.1, -0.05) is 36.6 Å². The lowest BCUT2D eigenvalue weighted by Gasteiger charge is -2.41. The van der Waals surface area contributed by atoms with Crippen LogP contribution < -0.4 is 16.0 Å². The molecule has 1 aliphatic carbocycles. The molecule has 2 aliphatic rings. The summed E-state index contributed by atoms with van der Waals surface area (Å²) < 4.78 is 15.5. The molecule has 4 atom stereocenters. The molecular formula is C25H31ClFN5O3. The fraction of sp³-hybridized carbons (Fsp3) is 0.560. The summed E-state index contributed by atoms with van der Waals surface area (Å²) in [6.45, 7) is 3.88. The molecule has 1 aromatic heterocycles. The van der Waals surface area contributed by atoms with E-state index in [4.69, 9.17) is 11.6 Å². The van der Waals surface area contributed by atoms with Crippen molar-refractivity contribution < 1.29 is 19.1 Å². The van der Waals surface area contributed by atoms with Gasteiger partial charge in [-0.15, -0.1) is 0 Å². The Labute approximate surface area is 208 Å². The lowest BCUT2D eigenvalue weighted by Crippen LogP contribution is -2.58. The number of hydrogen-bond acceptors (Lipinski definition) is 5. The average molecular weight is 504 g/mol. The van der Waals surface area contributed by atoms with Gasteiger partial charge in [-0.05, 0) is 51.2 Å². The van der Waals surface area contributed by atoms with Crippen molar-refractivity contribution in [3.63, 3.8) is 0 Å². The van der Waals surface area contributed by atoms with Gasteiger partial charge in [0.2, 0.25) is 5.91 Å². The number of alkyl halides is 1. The summed E-state index contributed by atoms with van der Waals surface area (Å²) in [7, 11) is 0. The molecule has 188 valence electrons. The maximum atomic E-state index is 15.5. The summed E-state index contributed by atoms with van der Waals surface area (Å²) >= 11 is 6.18. The highest BCUT2D eigenvalue weighted by molar-refractivity contribution is 6.35. The zero-order valence-electron chi connectivity index (χ0n) is 19.8. The normalized spacial score (nSPS) is 24.2. The standard InChI is InChI=1S/C25H31ClFN5O3/c1-24(2)9-8-16(21(33)31-24)12-25(27,13-28)32-23(35)18(10-14-6-7-14)30-22(34)19-11-15-4-3-5-17(26)20(15)29-19/h3-5,11,14,16,18,21,29,31,33H,6-10,12H2,1-2H3,(H,30,34)(H,32,35)/t16-,18-,21?,25?/m0/s1. The Morgan fingerprint density at radius 2 is 2.11 bits per heavy atom. The van der Waals surface area contributed by atoms with Gasteiger partial charge in [-0.2, -0.15) is 5.26 Å². The van der Waals surface area contributed by atoms with Crippen molar-refractivity contribution in [2.45, 2.75) is 76.0 Å². The van der Waals surface area contributed by atoms with Crippen LogP contribution in [-0.2, 0) is 4.79 Å². The first kappa shape index (κ1) is 25.4. The zero-order valence-corrected chi connectivity index (χ0v) is 20.6. The molecule has 4 rings (SSSR count). The molecule has 2 aromatic rings. The molecule has 2 unspecified atom stereocenters. The molecule has 1 saturated carbocycles. The second kappa shape index (κ2) is 9.76. The van der Waals surface area contributed by atoms with Crippen LogP contribution in [0.1, 0.15) is 62.9 Å². The van der Waals surface area contributed by atoms with Gasteiger partial charge >= 0.3 is 0 Å². The van der Waals surface area contributed by atoms with Crippen LogP contribution in [0.4, 0.5) is 4.39 Å². The van der Waals surface area contributed by atoms with Gasteiger partial charge in [0, 0.05) is 23.3 Å². The van der Waals surface area contributed by atoms with E-state index in [9.17, 15) is 20.0 Å². The van der Waals surface area contributed by atoms with E-state index in [1.54, 1.807) is 24.3 Å². The summed E-state index contributed by atoms with van der Waals surface area (Å²) in [6, 6.07) is 7.47. The molecule has 2 heterocycles. The highest BCUT2D eigenvalue weighted by atomic mass is 35.5. The number of nitriles is 1. The number of para-hydroxylation sites is 1. The Balaban J connectivity index is 1.45. The quantitative estimate of drug-likeness (QED) is 0.352. The van der Waals surface area contributed by atoms with E-state index in [2.05, 4.69) is 20.9 Å². The molecule has 35 heavy (non-hydrogen) atoms. The summed E-state index contributed by atoms with van der Waals surface area (Å²) in [5.41, 5.74) is 0.544. The molecule has 2 amide bonds. The summed E-state index contributed by atoms with van der Waals surface area (Å²) in [4.78, 5) is 29.0. The smallest absolute Gasteiger partial charge is 0.269 e. The largest absolute Gasteiger partial charge is 0.378 e. The lowest BCUT2D eigenvalue weighted by atomic mass is 9.82. The monoisotopic (exact) mass is 503 g/mol. The summed E-state index contributed by atoms with van der Waals surface area (Å²) in [6.07, 6.45) is 2.06. The second-order valence-corrected chi connectivity index (χ2v) is 10.9. The molecule has 2 fully saturated rings. The molecule has 5 N–H and O–H groups in total. The summed E-state index contributed by atoms with van der Waals surface area (Å²) in [5.74, 6) is -4.24. The number of halogens is 2. The van der Waals surface area contributed by atoms with E-state index in [1.807, 2.05) is 19.9 Å². The molecule has 0 spiro atoms. The highest BCUT2D eigenvalue weighted by Crippen LogP contribution is 2.35. The van der Waals surface area contributed by atoms with Crippen LogP contribution in [0, 0.1) is 23.2 Å². The predicted molar refractivity (Wildman–Crippen MR) is 130 cm³/mol. The minimum Gasteiger partial charge on any atom is -0.378 e. The first-order chi connectivity index (χ1) is 16.5. The number of rotatable bonds is 8. The number of carbonyl (C=O) groups is 2. The van der Waals surface area contributed by atoms with Crippen LogP contribution in [0.15, 0.2) is 24.3 Å². The van der Waals surface area contributed by atoms with E-state index < -0.39 is 35.8 Å². The molecule has 0 radical (unpaired) electrons. The first-order valence-corrected chi connectivity index (χ1v) is 12.3. The number of H-pyrrole nitrogens is 1. The van der Waals surface area contributed by atoms with E-state index in [1.165, 1.54) is 0 Å². The van der Waals surface area contributed by atoms with Gasteiger partial charge in [0.1, 0.15) is 24.0 Å². The van der Waals surface area contributed by atoms with Crippen LogP contribution in [0.3, 0.4) is 0 Å². The minimum absolute atomic E-state index is 0.229. The van der Waals surface area contributed by atoms with Crippen molar-refractivity contribution in [1.82, 2.24) is 20.9 Å². The van der Waals surface area contributed by atoms with Crippen molar-refractivity contribution in [2.24, 2.45) is 11.8 Å². The molecule has 0 bridgehead atoms. The molecular weight excluding hydrogens is 473 g/mol. The third kappa shape index (κ3) is 6.13. The van der Waals surface area contributed by atoms with Crippen molar-refractivity contribution in [1.29, 1.82) is 5.26 Å². The maximum absolute atomic E-state index is 15.5. The van der Waals surface area contributed by atoms with Crippen molar-refractivity contribution >= 4 is 34.3 Å². The number of aromatic nitrogens is 1. The Morgan fingerprint density at radius 3 is 2.74 bits per heavy atom. The number of piperidine rings is 1. The average Bonchev–Trinajstić information content (AvgIpc) is 3.49. The van der Waals surface area contributed by atoms with Gasteiger partial charge in [0.15, 0.2) is 0 Å². The van der Waals surface area contributed by atoms with Gasteiger partial charge in [-0.3, -0.25) is 14.9 Å². The van der Waals surface area contributed by atoms with Crippen LogP contribution >= 0.6 is 11.6 Å². The lowest BCUT2D eigenvalue weighted by molar-refractivity contribution is -0.127. The van der Waals surface area contributed by atoms with Crippen LogP contribution in [0.2, 0.25) is 5.02 Å². The fourth-order valence-electron chi connectivity index (χ4n) is 4.67. The zero-order chi connectivity index (χ0) is 25.4. The number of fused-ring (bicyclic) bond motifs is 1. The van der Waals surface area contributed by atoms with E-state index in [0.29, 0.717) is 29.8 Å².